The molecule has 0 fully saturated rings. The first kappa shape index (κ1) is 7.91. The predicted octanol–water partition coefficient (Wildman–Crippen LogP) is 1.40. The van der Waals surface area contributed by atoms with Crippen LogP contribution in [0.25, 0.3) is 5.82 Å². The molecule has 0 unspecified atom stereocenters. The van der Waals surface area contributed by atoms with Crippen molar-refractivity contribution in [3.05, 3.63) is 29.8 Å². The van der Waals surface area contributed by atoms with Gasteiger partial charge in [-0.15, -0.1) is 0 Å². The smallest absolute Gasteiger partial charge is 0.179 e. The van der Waals surface area contributed by atoms with Gasteiger partial charge in [0, 0.05) is 11.4 Å². The van der Waals surface area contributed by atoms with E-state index in [1.54, 1.807) is 6.33 Å². The number of aryl methyl sites for hydroxylation is 2. The summed E-state index contributed by atoms with van der Waals surface area (Å²) in [6.45, 7) is 4.06. The first-order valence-electron chi connectivity index (χ1n) is 4.14. The van der Waals surface area contributed by atoms with Crippen molar-refractivity contribution >= 4 is 5.82 Å². The average molecular weight is 176 g/mol. The van der Waals surface area contributed by atoms with E-state index >= 15 is 0 Å². The molecule has 0 spiro atoms. The first-order valence-corrected chi connectivity index (χ1v) is 4.14. The van der Waals surface area contributed by atoms with Crippen LogP contribution in [0.5, 0.6) is 0 Å². The van der Waals surface area contributed by atoms with Gasteiger partial charge >= 0.3 is 0 Å². The van der Waals surface area contributed by atoms with Gasteiger partial charge in [-0.2, -0.15) is 0 Å². The standard InChI is InChI=1S/C9H12N4/c1-6-3-4-7(2)13(6)9-8(10)11-5-12-9/h3-5H,10H2,1-2H3,(H,11,12). The topological polar surface area (TPSA) is 59.6 Å². The number of rotatable bonds is 1. The Hall–Kier alpha value is -1.71. The minimum Gasteiger partial charge on any atom is -0.382 e. The van der Waals surface area contributed by atoms with Crippen molar-refractivity contribution in [1.29, 1.82) is 0 Å². The number of aromatic nitrogens is 3. The number of hydrogen-bond acceptors (Lipinski definition) is 2. The van der Waals surface area contributed by atoms with Gasteiger partial charge in [0.25, 0.3) is 0 Å². The van der Waals surface area contributed by atoms with E-state index in [0.29, 0.717) is 5.82 Å². The molecule has 2 heterocycles. The molecule has 0 aliphatic rings. The van der Waals surface area contributed by atoms with Crippen molar-refractivity contribution in [2.45, 2.75) is 13.8 Å². The molecule has 0 aliphatic carbocycles. The van der Waals surface area contributed by atoms with Gasteiger partial charge < -0.3 is 15.3 Å². The van der Waals surface area contributed by atoms with Crippen LogP contribution in [-0.2, 0) is 0 Å². The summed E-state index contributed by atoms with van der Waals surface area (Å²) >= 11 is 0. The SMILES string of the molecule is Cc1ccc(C)n1-c1nc[nH]c1N. The molecule has 0 saturated carbocycles. The van der Waals surface area contributed by atoms with Crippen molar-refractivity contribution in [3.8, 4) is 5.82 Å². The summed E-state index contributed by atoms with van der Waals surface area (Å²) < 4.78 is 2.02. The van der Waals surface area contributed by atoms with Crippen molar-refractivity contribution in [3.63, 3.8) is 0 Å². The van der Waals surface area contributed by atoms with Gasteiger partial charge in [-0.05, 0) is 26.0 Å². The quantitative estimate of drug-likeness (QED) is 0.690. The Kier molecular flexibility index (Phi) is 1.62. The minimum absolute atomic E-state index is 0.599. The normalized spacial score (nSPS) is 10.6. The highest BCUT2D eigenvalue weighted by atomic mass is 15.1. The van der Waals surface area contributed by atoms with Gasteiger partial charge in [0.2, 0.25) is 0 Å². The van der Waals surface area contributed by atoms with Crippen molar-refractivity contribution in [2.75, 3.05) is 5.73 Å². The summed E-state index contributed by atoms with van der Waals surface area (Å²) in [7, 11) is 0. The van der Waals surface area contributed by atoms with E-state index in [2.05, 4.69) is 9.97 Å². The van der Waals surface area contributed by atoms with E-state index in [0.717, 1.165) is 17.2 Å². The van der Waals surface area contributed by atoms with E-state index in [4.69, 9.17) is 5.73 Å². The van der Waals surface area contributed by atoms with E-state index in [9.17, 15) is 0 Å². The highest BCUT2D eigenvalue weighted by Crippen LogP contribution is 2.17. The highest BCUT2D eigenvalue weighted by Gasteiger charge is 2.08. The summed E-state index contributed by atoms with van der Waals surface area (Å²) in [6, 6.07) is 4.09. The molecule has 2 aromatic rings. The fraction of sp³-hybridized carbons (Fsp3) is 0.222. The van der Waals surface area contributed by atoms with Crippen molar-refractivity contribution in [1.82, 2.24) is 14.5 Å². The maximum absolute atomic E-state index is 5.73. The molecule has 0 bridgehead atoms. The third-order valence-electron chi connectivity index (χ3n) is 2.13. The molecule has 2 rings (SSSR count). The molecule has 4 heteroatoms. The van der Waals surface area contributed by atoms with Crippen LogP contribution in [-0.4, -0.2) is 14.5 Å². The summed E-state index contributed by atoms with van der Waals surface area (Å²) in [6.07, 6.45) is 1.60. The molecule has 0 saturated heterocycles. The molecular weight excluding hydrogens is 164 g/mol. The molecule has 0 aromatic carbocycles. The first-order chi connectivity index (χ1) is 6.20. The summed E-state index contributed by atoms with van der Waals surface area (Å²) in [5.41, 5.74) is 8.00. The van der Waals surface area contributed by atoms with Crippen LogP contribution < -0.4 is 5.73 Å². The number of H-pyrrole nitrogens is 1. The molecule has 3 N–H and O–H groups in total. The molecule has 4 nitrogen and oxygen atoms in total. The second kappa shape index (κ2) is 2.65. The van der Waals surface area contributed by atoms with Crippen LogP contribution in [0.3, 0.4) is 0 Å². The Morgan fingerprint density at radius 3 is 2.38 bits per heavy atom. The van der Waals surface area contributed by atoms with E-state index in [-0.39, 0.29) is 0 Å². The molecule has 0 aliphatic heterocycles. The predicted molar refractivity (Wildman–Crippen MR) is 51.8 cm³/mol. The van der Waals surface area contributed by atoms with Gasteiger partial charge in [0.05, 0.1) is 6.33 Å². The Bertz CT molecular complexity index is 405. The lowest BCUT2D eigenvalue weighted by Gasteiger charge is -2.05. The zero-order valence-corrected chi connectivity index (χ0v) is 7.70. The van der Waals surface area contributed by atoms with E-state index in [1.165, 1.54) is 0 Å². The molecule has 2 aromatic heterocycles. The largest absolute Gasteiger partial charge is 0.382 e. The monoisotopic (exact) mass is 176 g/mol. The Morgan fingerprint density at radius 2 is 1.92 bits per heavy atom. The van der Waals surface area contributed by atoms with Gasteiger partial charge in [-0.25, -0.2) is 4.98 Å². The van der Waals surface area contributed by atoms with Gasteiger partial charge in [0.1, 0.15) is 5.82 Å². The maximum Gasteiger partial charge on any atom is 0.179 e. The van der Waals surface area contributed by atoms with Crippen LogP contribution in [0.2, 0.25) is 0 Å². The zero-order valence-electron chi connectivity index (χ0n) is 7.70. The summed E-state index contributed by atoms with van der Waals surface area (Å²) in [5, 5.41) is 0. The van der Waals surface area contributed by atoms with Crippen LogP contribution in [0.15, 0.2) is 18.5 Å². The third-order valence-corrected chi connectivity index (χ3v) is 2.13. The van der Waals surface area contributed by atoms with Crippen LogP contribution in [0.1, 0.15) is 11.4 Å². The number of nitrogen functional groups attached to an aromatic ring is 1. The Labute approximate surface area is 76.4 Å². The van der Waals surface area contributed by atoms with Crippen LogP contribution in [0.4, 0.5) is 5.82 Å². The minimum atomic E-state index is 0.599. The number of aromatic amines is 1. The third kappa shape index (κ3) is 1.11. The number of nitrogens with two attached hydrogens (primary N) is 1. The number of hydrogen-bond donors (Lipinski definition) is 2. The van der Waals surface area contributed by atoms with Gasteiger partial charge in [0.15, 0.2) is 5.82 Å². The van der Waals surface area contributed by atoms with Crippen LogP contribution >= 0.6 is 0 Å². The zero-order chi connectivity index (χ0) is 9.42. The summed E-state index contributed by atoms with van der Waals surface area (Å²) in [4.78, 5) is 7.02. The maximum atomic E-state index is 5.73. The second-order valence-electron chi connectivity index (χ2n) is 3.09. The molecule has 0 radical (unpaired) electrons. The van der Waals surface area contributed by atoms with Crippen molar-refractivity contribution < 1.29 is 0 Å². The Balaban J connectivity index is 2.64. The summed E-state index contributed by atoms with van der Waals surface area (Å²) in [5.74, 6) is 1.38. The average Bonchev–Trinajstić information content (AvgIpc) is 2.60. The fourth-order valence-electron chi connectivity index (χ4n) is 1.48. The molecule has 0 atom stereocenters. The lowest BCUT2D eigenvalue weighted by molar-refractivity contribution is 0.936. The number of imidazole rings is 1. The number of nitrogens with zero attached hydrogens (tertiary/aromatic N) is 2. The van der Waals surface area contributed by atoms with Gasteiger partial charge in [-0.3, -0.25) is 0 Å². The molecule has 0 amide bonds. The fourth-order valence-corrected chi connectivity index (χ4v) is 1.48. The lowest BCUT2D eigenvalue weighted by atomic mass is 10.5. The highest BCUT2D eigenvalue weighted by molar-refractivity contribution is 5.49. The van der Waals surface area contributed by atoms with Crippen LogP contribution in [0, 0.1) is 13.8 Å². The molecular formula is C9H12N4. The molecule has 68 valence electrons. The van der Waals surface area contributed by atoms with Gasteiger partial charge in [-0.1, -0.05) is 0 Å². The Morgan fingerprint density at radius 1 is 1.31 bits per heavy atom. The second-order valence-corrected chi connectivity index (χ2v) is 3.09. The number of nitrogens with one attached hydrogen (secondary N) is 1. The lowest BCUT2D eigenvalue weighted by Crippen LogP contribution is -2.02. The van der Waals surface area contributed by atoms with E-state index in [1.807, 2.05) is 30.5 Å². The number of anilines is 1. The van der Waals surface area contributed by atoms with Crippen molar-refractivity contribution in [2.24, 2.45) is 0 Å². The van der Waals surface area contributed by atoms with E-state index < -0.39 is 0 Å². The molecule has 13 heavy (non-hydrogen) atoms.